The highest BCUT2D eigenvalue weighted by Crippen LogP contribution is 2.26. The van der Waals surface area contributed by atoms with Gasteiger partial charge in [0.25, 0.3) is 0 Å². The van der Waals surface area contributed by atoms with Crippen LogP contribution < -0.4 is 9.47 Å². The summed E-state index contributed by atoms with van der Waals surface area (Å²) in [6.45, 7) is 1.96. The first kappa shape index (κ1) is 13.7. The highest BCUT2D eigenvalue weighted by molar-refractivity contribution is 7.98. The summed E-state index contributed by atoms with van der Waals surface area (Å²) in [6, 6.07) is 7.73. The van der Waals surface area contributed by atoms with E-state index in [9.17, 15) is 0 Å². The van der Waals surface area contributed by atoms with Crippen molar-refractivity contribution in [2.45, 2.75) is 17.8 Å². The molecular weight excluding hydrogens is 260 g/mol. The van der Waals surface area contributed by atoms with Crippen molar-refractivity contribution in [1.82, 2.24) is 9.97 Å². The molecule has 0 aliphatic heterocycles. The summed E-state index contributed by atoms with van der Waals surface area (Å²) < 4.78 is 10.5. The van der Waals surface area contributed by atoms with Gasteiger partial charge in [0.1, 0.15) is 11.5 Å². The lowest BCUT2D eigenvalue weighted by molar-refractivity contribution is 0.393. The normalized spacial score (nSPS) is 10.3. The molecule has 0 spiro atoms. The van der Waals surface area contributed by atoms with Gasteiger partial charge in [0.05, 0.1) is 14.2 Å². The van der Waals surface area contributed by atoms with Gasteiger partial charge in [-0.3, -0.25) is 0 Å². The average Bonchev–Trinajstić information content (AvgIpc) is 2.44. The van der Waals surface area contributed by atoms with Gasteiger partial charge in [0.2, 0.25) is 0 Å². The largest absolute Gasteiger partial charge is 0.497 e. The summed E-state index contributed by atoms with van der Waals surface area (Å²) in [6.07, 6.45) is 1.77. The molecule has 100 valence electrons. The molecular formula is C14H16N2O2S. The molecule has 0 bridgehead atoms. The van der Waals surface area contributed by atoms with Gasteiger partial charge in [-0.25, -0.2) is 9.97 Å². The van der Waals surface area contributed by atoms with E-state index in [0.29, 0.717) is 0 Å². The zero-order chi connectivity index (χ0) is 13.7. The molecule has 0 saturated heterocycles. The molecule has 2 rings (SSSR count). The predicted octanol–water partition coefficient (Wildman–Crippen LogP) is 3.09. The fourth-order valence-corrected chi connectivity index (χ4v) is 2.40. The molecule has 0 saturated carbocycles. The number of nitrogens with zero attached hydrogens (tertiary/aromatic N) is 2. The second kappa shape index (κ2) is 6.43. The van der Waals surface area contributed by atoms with E-state index in [0.717, 1.165) is 33.7 Å². The van der Waals surface area contributed by atoms with Gasteiger partial charge in [-0.15, -0.1) is 0 Å². The molecule has 0 radical (unpaired) electrons. The fourth-order valence-electron chi connectivity index (χ4n) is 1.59. The van der Waals surface area contributed by atoms with Crippen LogP contribution in [0.1, 0.15) is 11.3 Å². The molecule has 5 heteroatoms. The number of thioether (sulfide) groups is 1. The van der Waals surface area contributed by atoms with Crippen LogP contribution in [0.15, 0.2) is 35.6 Å². The van der Waals surface area contributed by atoms with E-state index in [2.05, 4.69) is 9.97 Å². The molecule has 0 unspecified atom stereocenters. The van der Waals surface area contributed by atoms with Gasteiger partial charge >= 0.3 is 0 Å². The van der Waals surface area contributed by atoms with Gasteiger partial charge in [0.15, 0.2) is 5.16 Å². The third-order valence-electron chi connectivity index (χ3n) is 2.55. The fraction of sp³-hybridized carbons (Fsp3) is 0.286. The lowest BCUT2D eigenvalue weighted by Gasteiger charge is -2.08. The molecule has 0 aliphatic rings. The smallest absolute Gasteiger partial charge is 0.188 e. The molecule has 0 amide bonds. The van der Waals surface area contributed by atoms with E-state index in [1.165, 1.54) is 0 Å². The average molecular weight is 276 g/mol. The number of aryl methyl sites for hydroxylation is 1. The first-order valence-electron chi connectivity index (χ1n) is 5.85. The highest BCUT2D eigenvalue weighted by atomic mass is 32.2. The van der Waals surface area contributed by atoms with Crippen LogP contribution in [0.2, 0.25) is 0 Å². The van der Waals surface area contributed by atoms with Gasteiger partial charge in [0, 0.05) is 23.7 Å². The monoisotopic (exact) mass is 276 g/mol. The van der Waals surface area contributed by atoms with Gasteiger partial charge in [-0.1, -0.05) is 11.8 Å². The van der Waals surface area contributed by atoms with Crippen molar-refractivity contribution in [1.29, 1.82) is 0 Å². The van der Waals surface area contributed by atoms with E-state index in [4.69, 9.17) is 9.47 Å². The summed E-state index contributed by atoms with van der Waals surface area (Å²) in [4.78, 5) is 8.59. The zero-order valence-corrected chi connectivity index (χ0v) is 12.0. The Hall–Kier alpha value is -1.75. The molecule has 1 aromatic heterocycles. The van der Waals surface area contributed by atoms with Crippen LogP contribution in [-0.4, -0.2) is 24.2 Å². The standard InChI is InChI=1S/C14H16N2O2S/c1-10-4-5-15-14(16-10)19-9-11-6-12(17-2)8-13(7-11)18-3/h4-8H,9H2,1-3H3. The maximum Gasteiger partial charge on any atom is 0.188 e. The second-order valence-electron chi connectivity index (χ2n) is 3.99. The maximum atomic E-state index is 5.25. The van der Waals surface area contributed by atoms with Crippen LogP contribution in [-0.2, 0) is 5.75 Å². The second-order valence-corrected chi connectivity index (χ2v) is 4.93. The van der Waals surface area contributed by atoms with E-state index in [1.807, 2.05) is 31.2 Å². The lowest BCUT2D eigenvalue weighted by atomic mass is 10.2. The summed E-state index contributed by atoms with van der Waals surface area (Å²) >= 11 is 1.59. The SMILES string of the molecule is COc1cc(CSc2nccc(C)n2)cc(OC)c1. The summed E-state index contributed by atoms with van der Waals surface area (Å²) in [5, 5.41) is 0.779. The van der Waals surface area contributed by atoms with Crippen LogP contribution in [0.25, 0.3) is 0 Å². The van der Waals surface area contributed by atoms with E-state index in [1.54, 1.807) is 32.2 Å². The molecule has 0 aliphatic carbocycles. The van der Waals surface area contributed by atoms with Gasteiger partial charge < -0.3 is 9.47 Å². The Bertz CT molecular complexity index is 539. The number of rotatable bonds is 5. The number of methoxy groups -OCH3 is 2. The van der Waals surface area contributed by atoms with Crippen LogP contribution in [0.3, 0.4) is 0 Å². The minimum atomic E-state index is 0.775. The van der Waals surface area contributed by atoms with Crippen molar-refractivity contribution in [2.24, 2.45) is 0 Å². The first-order chi connectivity index (χ1) is 9.21. The Morgan fingerprint density at radius 1 is 1.11 bits per heavy atom. The molecule has 0 fully saturated rings. The van der Waals surface area contributed by atoms with Crippen molar-refractivity contribution in [3.8, 4) is 11.5 Å². The molecule has 0 atom stereocenters. The molecule has 1 aromatic carbocycles. The lowest BCUT2D eigenvalue weighted by Crippen LogP contribution is -1.92. The summed E-state index contributed by atoms with van der Waals surface area (Å²) in [5.74, 6) is 2.36. The van der Waals surface area contributed by atoms with Crippen molar-refractivity contribution in [3.05, 3.63) is 41.7 Å². The molecule has 1 heterocycles. The van der Waals surface area contributed by atoms with Crippen molar-refractivity contribution in [3.63, 3.8) is 0 Å². The number of hydrogen-bond donors (Lipinski definition) is 0. The molecule has 4 nitrogen and oxygen atoms in total. The number of aromatic nitrogens is 2. The Morgan fingerprint density at radius 3 is 2.37 bits per heavy atom. The van der Waals surface area contributed by atoms with Crippen molar-refractivity contribution < 1.29 is 9.47 Å². The first-order valence-corrected chi connectivity index (χ1v) is 6.84. The molecule has 0 N–H and O–H groups in total. The van der Waals surface area contributed by atoms with Gasteiger partial charge in [-0.05, 0) is 30.7 Å². The molecule has 19 heavy (non-hydrogen) atoms. The van der Waals surface area contributed by atoms with Gasteiger partial charge in [-0.2, -0.15) is 0 Å². The maximum absolute atomic E-state index is 5.25. The predicted molar refractivity (Wildman–Crippen MR) is 75.9 cm³/mol. The van der Waals surface area contributed by atoms with Crippen molar-refractivity contribution in [2.75, 3.05) is 14.2 Å². The number of benzene rings is 1. The van der Waals surface area contributed by atoms with Crippen LogP contribution in [0.5, 0.6) is 11.5 Å². The third-order valence-corrected chi connectivity index (χ3v) is 3.48. The van der Waals surface area contributed by atoms with E-state index < -0.39 is 0 Å². The summed E-state index contributed by atoms with van der Waals surface area (Å²) in [7, 11) is 3.30. The number of hydrogen-bond acceptors (Lipinski definition) is 5. The van der Waals surface area contributed by atoms with Crippen molar-refractivity contribution >= 4 is 11.8 Å². The van der Waals surface area contributed by atoms with E-state index in [-0.39, 0.29) is 0 Å². The summed E-state index contributed by atoms with van der Waals surface area (Å²) in [5.41, 5.74) is 2.09. The topological polar surface area (TPSA) is 44.2 Å². The Kier molecular flexibility index (Phi) is 4.63. The number of ether oxygens (including phenoxy) is 2. The third kappa shape index (κ3) is 3.86. The van der Waals surface area contributed by atoms with E-state index >= 15 is 0 Å². The highest BCUT2D eigenvalue weighted by Gasteiger charge is 2.04. The van der Waals surface area contributed by atoms with Crippen LogP contribution in [0.4, 0.5) is 0 Å². The molecule has 2 aromatic rings. The quantitative estimate of drug-likeness (QED) is 0.620. The van der Waals surface area contributed by atoms with Crippen LogP contribution >= 0.6 is 11.8 Å². The minimum absolute atomic E-state index is 0.775. The Morgan fingerprint density at radius 2 is 1.79 bits per heavy atom. The minimum Gasteiger partial charge on any atom is -0.497 e. The van der Waals surface area contributed by atoms with Crippen LogP contribution in [0, 0.1) is 6.92 Å². The Labute approximate surface area is 117 Å². The zero-order valence-electron chi connectivity index (χ0n) is 11.2. The Balaban J connectivity index is 2.10.